The van der Waals surface area contributed by atoms with Crippen molar-refractivity contribution in [2.24, 2.45) is 0 Å². The highest BCUT2D eigenvalue weighted by molar-refractivity contribution is 9.10. The molecule has 1 heterocycles. The third-order valence-electron chi connectivity index (χ3n) is 0.792. The second-order valence-corrected chi connectivity index (χ2v) is 5.60. The minimum absolute atomic E-state index is 0.623. The van der Waals surface area contributed by atoms with Gasteiger partial charge in [-0.3, -0.25) is 0 Å². The van der Waals surface area contributed by atoms with Crippen molar-refractivity contribution in [1.82, 2.24) is 4.98 Å². The second-order valence-electron chi connectivity index (χ2n) is 2.10. The maximum Gasteiger partial charge on any atom is 0.151 e. The Hall–Kier alpha value is 0.460. The lowest BCUT2D eigenvalue weighted by molar-refractivity contribution is 1.10. The summed E-state index contributed by atoms with van der Waals surface area (Å²) < 4.78 is 2.09. The third-order valence-corrected chi connectivity index (χ3v) is 3.48. The Morgan fingerprint density at radius 2 is 2.40 bits per heavy atom. The van der Waals surface area contributed by atoms with Crippen molar-refractivity contribution in [3.63, 3.8) is 0 Å². The van der Waals surface area contributed by atoms with Gasteiger partial charge in [0.05, 0.1) is 0 Å². The lowest BCUT2D eigenvalue weighted by atomic mass is 10.6. The molecule has 0 radical (unpaired) electrons. The summed E-state index contributed by atoms with van der Waals surface area (Å²) in [6.45, 7) is 4.33. The van der Waals surface area contributed by atoms with Gasteiger partial charge >= 0.3 is 0 Å². The SMILES string of the molecule is CC(C)Sc1nc(Br)cs1. The van der Waals surface area contributed by atoms with Crippen LogP contribution >= 0.6 is 39.0 Å². The highest BCUT2D eigenvalue weighted by Gasteiger charge is 2.01. The van der Waals surface area contributed by atoms with E-state index in [0.29, 0.717) is 5.25 Å². The average Bonchev–Trinajstić information content (AvgIpc) is 2.13. The van der Waals surface area contributed by atoms with Crippen LogP contribution in [0.15, 0.2) is 14.3 Å². The van der Waals surface area contributed by atoms with Crippen LogP contribution in [-0.2, 0) is 0 Å². The number of thiazole rings is 1. The van der Waals surface area contributed by atoms with Crippen LogP contribution in [0.3, 0.4) is 0 Å². The largest absolute Gasteiger partial charge is 0.223 e. The molecular formula is C6H8BrNS2. The molecule has 0 amide bonds. The number of thioether (sulfide) groups is 1. The first-order chi connectivity index (χ1) is 4.68. The summed E-state index contributed by atoms with van der Waals surface area (Å²) in [5.74, 6) is 0. The van der Waals surface area contributed by atoms with Crippen molar-refractivity contribution in [3.8, 4) is 0 Å². The molecule has 1 aromatic heterocycles. The van der Waals surface area contributed by atoms with E-state index in [-0.39, 0.29) is 0 Å². The van der Waals surface area contributed by atoms with E-state index in [0.717, 1.165) is 8.94 Å². The van der Waals surface area contributed by atoms with E-state index in [1.165, 1.54) is 0 Å². The van der Waals surface area contributed by atoms with Gasteiger partial charge in [0.1, 0.15) is 4.60 Å². The molecule has 0 fully saturated rings. The monoisotopic (exact) mass is 237 g/mol. The zero-order valence-corrected chi connectivity index (χ0v) is 9.02. The van der Waals surface area contributed by atoms with Gasteiger partial charge in [0, 0.05) is 10.6 Å². The molecule has 1 rings (SSSR count). The first-order valence-electron chi connectivity index (χ1n) is 2.96. The number of rotatable bonds is 2. The van der Waals surface area contributed by atoms with Crippen LogP contribution in [0.2, 0.25) is 0 Å². The Balaban J connectivity index is 2.58. The van der Waals surface area contributed by atoms with E-state index in [2.05, 4.69) is 34.8 Å². The van der Waals surface area contributed by atoms with Gasteiger partial charge < -0.3 is 0 Å². The molecule has 0 atom stereocenters. The fourth-order valence-electron chi connectivity index (χ4n) is 0.495. The molecule has 10 heavy (non-hydrogen) atoms. The molecule has 1 nitrogen and oxygen atoms in total. The minimum atomic E-state index is 0.623. The van der Waals surface area contributed by atoms with Crippen molar-refractivity contribution in [1.29, 1.82) is 0 Å². The minimum Gasteiger partial charge on any atom is -0.223 e. The summed E-state index contributed by atoms with van der Waals surface area (Å²) in [5, 5.41) is 2.63. The van der Waals surface area contributed by atoms with E-state index in [1.54, 1.807) is 23.1 Å². The van der Waals surface area contributed by atoms with Crippen LogP contribution in [-0.4, -0.2) is 10.2 Å². The van der Waals surface area contributed by atoms with Gasteiger partial charge in [-0.15, -0.1) is 11.3 Å². The number of aromatic nitrogens is 1. The number of hydrogen-bond donors (Lipinski definition) is 0. The third kappa shape index (κ3) is 2.60. The first-order valence-corrected chi connectivity index (χ1v) is 5.51. The van der Waals surface area contributed by atoms with Crippen LogP contribution in [0.1, 0.15) is 13.8 Å². The molecule has 1 aromatic rings. The fraction of sp³-hybridized carbons (Fsp3) is 0.500. The zero-order valence-electron chi connectivity index (χ0n) is 5.80. The van der Waals surface area contributed by atoms with Gasteiger partial charge in [0.15, 0.2) is 4.34 Å². The molecule has 0 aliphatic heterocycles. The van der Waals surface area contributed by atoms with Crippen LogP contribution in [0.4, 0.5) is 0 Å². The van der Waals surface area contributed by atoms with Crippen molar-refractivity contribution in [2.75, 3.05) is 0 Å². The van der Waals surface area contributed by atoms with Gasteiger partial charge in [-0.25, -0.2) is 4.98 Å². The van der Waals surface area contributed by atoms with Gasteiger partial charge in [-0.05, 0) is 15.9 Å². The Bertz CT molecular complexity index is 209. The standard InChI is InChI=1S/C6H8BrNS2/c1-4(2)10-6-8-5(7)3-9-6/h3-4H,1-2H3. The molecule has 4 heteroatoms. The molecule has 0 saturated carbocycles. The van der Waals surface area contributed by atoms with Gasteiger partial charge in [0.25, 0.3) is 0 Å². The highest BCUT2D eigenvalue weighted by atomic mass is 79.9. The van der Waals surface area contributed by atoms with E-state index in [4.69, 9.17) is 0 Å². The normalized spacial score (nSPS) is 10.8. The van der Waals surface area contributed by atoms with Gasteiger partial charge in [-0.1, -0.05) is 25.6 Å². The summed E-state index contributed by atoms with van der Waals surface area (Å²) in [6, 6.07) is 0. The molecular weight excluding hydrogens is 230 g/mol. The Kier molecular flexibility index (Phi) is 3.20. The highest BCUT2D eigenvalue weighted by Crippen LogP contribution is 2.27. The summed E-state index contributed by atoms with van der Waals surface area (Å²) >= 11 is 6.79. The molecule has 0 aliphatic rings. The predicted octanol–water partition coefficient (Wildman–Crippen LogP) is 3.41. The molecule has 0 N–H and O–H groups in total. The summed E-state index contributed by atoms with van der Waals surface area (Å²) in [5.41, 5.74) is 0. The quantitative estimate of drug-likeness (QED) is 0.732. The predicted molar refractivity (Wildman–Crippen MR) is 50.8 cm³/mol. The lowest BCUT2D eigenvalue weighted by Gasteiger charge is -1.97. The topological polar surface area (TPSA) is 12.9 Å². The van der Waals surface area contributed by atoms with Crippen LogP contribution in [0.25, 0.3) is 0 Å². The second kappa shape index (κ2) is 3.74. The van der Waals surface area contributed by atoms with Crippen LogP contribution < -0.4 is 0 Å². The maximum atomic E-state index is 4.25. The summed E-state index contributed by atoms with van der Waals surface area (Å²) in [6.07, 6.45) is 0. The Morgan fingerprint density at radius 3 is 2.80 bits per heavy atom. The molecule has 0 aromatic carbocycles. The maximum absolute atomic E-state index is 4.25. The fourth-order valence-corrected chi connectivity index (χ4v) is 3.09. The smallest absolute Gasteiger partial charge is 0.151 e. The van der Waals surface area contributed by atoms with Crippen LogP contribution in [0.5, 0.6) is 0 Å². The van der Waals surface area contributed by atoms with E-state index >= 15 is 0 Å². The molecule has 0 aliphatic carbocycles. The van der Waals surface area contributed by atoms with Crippen molar-refractivity contribution >= 4 is 39.0 Å². The van der Waals surface area contributed by atoms with Crippen molar-refractivity contribution in [2.45, 2.75) is 23.4 Å². The molecule has 56 valence electrons. The van der Waals surface area contributed by atoms with Crippen LogP contribution in [0, 0.1) is 0 Å². The van der Waals surface area contributed by atoms with Crippen molar-refractivity contribution in [3.05, 3.63) is 9.98 Å². The molecule has 0 unspecified atom stereocenters. The lowest BCUT2D eigenvalue weighted by Crippen LogP contribution is -1.83. The molecule has 0 bridgehead atoms. The van der Waals surface area contributed by atoms with E-state index in [9.17, 15) is 0 Å². The average molecular weight is 238 g/mol. The Morgan fingerprint density at radius 1 is 1.70 bits per heavy atom. The zero-order chi connectivity index (χ0) is 7.56. The van der Waals surface area contributed by atoms with Gasteiger partial charge in [-0.2, -0.15) is 0 Å². The van der Waals surface area contributed by atoms with E-state index in [1.807, 2.05) is 5.38 Å². The number of halogens is 1. The Labute approximate surface area is 77.4 Å². The van der Waals surface area contributed by atoms with Gasteiger partial charge in [0.2, 0.25) is 0 Å². The number of nitrogens with zero attached hydrogens (tertiary/aromatic N) is 1. The molecule has 0 spiro atoms. The van der Waals surface area contributed by atoms with Crippen molar-refractivity contribution < 1.29 is 0 Å². The summed E-state index contributed by atoms with van der Waals surface area (Å²) in [4.78, 5) is 4.25. The van der Waals surface area contributed by atoms with E-state index < -0.39 is 0 Å². The molecule has 0 saturated heterocycles. The summed E-state index contributed by atoms with van der Waals surface area (Å²) in [7, 11) is 0. The first kappa shape index (κ1) is 8.56. The number of hydrogen-bond acceptors (Lipinski definition) is 3.